The van der Waals surface area contributed by atoms with Gasteiger partial charge in [-0.25, -0.2) is 4.98 Å². The highest BCUT2D eigenvalue weighted by atomic mass is 16.3. The van der Waals surface area contributed by atoms with Gasteiger partial charge in [-0.15, -0.1) is 0 Å². The first-order valence-electron chi connectivity index (χ1n) is 8.52. The topological polar surface area (TPSA) is 108 Å². The largest absolute Gasteiger partial charge is 0.508 e. The molecule has 4 rings (SSSR count). The van der Waals surface area contributed by atoms with Crippen LogP contribution in [0.3, 0.4) is 0 Å². The lowest BCUT2D eigenvalue weighted by Crippen LogP contribution is -2.36. The zero-order chi connectivity index (χ0) is 19.7. The van der Waals surface area contributed by atoms with E-state index in [1.165, 1.54) is 24.6 Å². The fourth-order valence-corrected chi connectivity index (χ4v) is 2.99. The van der Waals surface area contributed by atoms with E-state index < -0.39 is 17.7 Å². The first kappa shape index (κ1) is 17.5. The van der Waals surface area contributed by atoms with Gasteiger partial charge >= 0.3 is 0 Å². The number of aromatic nitrogens is 1. The van der Waals surface area contributed by atoms with Gasteiger partial charge in [0.25, 0.3) is 5.91 Å². The van der Waals surface area contributed by atoms with E-state index in [1.807, 2.05) is 0 Å². The monoisotopic (exact) mass is 376 g/mol. The maximum Gasteiger partial charge on any atom is 0.265 e. The molecule has 0 fully saturated rings. The van der Waals surface area contributed by atoms with Crippen LogP contribution in [0.15, 0.2) is 70.5 Å². The Hall–Kier alpha value is -3.94. The summed E-state index contributed by atoms with van der Waals surface area (Å²) in [6, 6.07) is 13.1. The Balaban J connectivity index is 1.53. The molecule has 2 N–H and O–H groups in total. The van der Waals surface area contributed by atoms with Gasteiger partial charge in [0.05, 0.1) is 17.6 Å². The fraction of sp³-hybridized carbons (Fsp3) is 0.100. The van der Waals surface area contributed by atoms with Crippen molar-refractivity contribution in [2.24, 2.45) is 11.0 Å². The van der Waals surface area contributed by atoms with Crippen molar-refractivity contribution < 1.29 is 19.1 Å². The standard InChI is InChI=1S/C20H16N4O4/c1-12-17(20(27)24(23-12)15-6-3-7-16(25)11-15)18(26)22-14-5-2-4-13(10-14)19-21-8-9-28-19/h2-11,17,25H,1H3,(H,22,26). The summed E-state index contributed by atoms with van der Waals surface area (Å²) >= 11 is 0. The quantitative estimate of drug-likeness (QED) is 0.681. The van der Waals surface area contributed by atoms with Crippen LogP contribution in [-0.2, 0) is 9.59 Å². The van der Waals surface area contributed by atoms with Crippen molar-refractivity contribution >= 4 is 28.9 Å². The smallest absolute Gasteiger partial charge is 0.265 e. The Labute approximate surface area is 160 Å². The molecule has 2 amide bonds. The van der Waals surface area contributed by atoms with E-state index in [9.17, 15) is 14.7 Å². The maximum atomic E-state index is 12.8. The lowest BCUT2D eigenvalue weighted by Gasteiger charge is -2.14. The van der Waals surface area contributed by atoms with Crippen molar-refractivity contribution in [3.05, 3.63) is 61.0 Å². The van der Waals surface area contributed by atoms with Gasteiger partial charge in [-0.05, 0) is 37.3 Å². The lowest BCUT2D eigenvalue weighted by molar-refractivity contribution is -0.127. The molecule has 0 aliphatic carbocycles. The minimum Gasteiger partial charge on any atom is -0.508 e. The summed E-state index contributed by atoms with van der Waals surface area (Å²) in [6.07, 6.45) is 3.00. The Morgan fingerprint density at radius 2 is 2.04 bits per heavy atom. The predicted octanol–water partition coefficient (Wildman–Crippen LogP) is 3.02. The summed E-state index contributed by atoms with van der Waals surface area (Å²) in [6.45, 7) is 1.62. The van der Waals surface area contributed by atoms with E-state index in [0.29, 0.717) is 28.5 Å². The van der Waals surface area contributed by atoms with Crippen LogP contribution in [0.4, 0.5) is 11.4 Å². The number of oxazole rings is 1. The van der Waals surface area contributed by atoms with Gasteiger partial charge in [-0.1, -0.05) is 12.1 Å². The number of hydrogen-bond donors (Lipinski definition) is 2. The number of hydrazone groups is 1. The van der Waals surface area contributed by atoms with Crippen LogP contribution in [-0.4, -0.2) is 27.6 Å². The summed E-state index contributed by atoms with van der Waals surface area (Å²) in [5, 5.41) is 17.7. The second-order valence-electron chi connectivity index (χ2n) is 6.25. The molecule has 140 valence electrons. The molecule has 1 aliphatic heterocycles. The van der Waals surface area contributed by atoms with Crippen LogP contribution >= 0.6 is 0 Å². The summed E-state index contributed by atoms with van der Waals surface area (Å²) in [5.41, 5.74) is 1.98. The van der Waals surface area contributed by atoms with E-state index in [2.05, 4.69) is 15.4 Å². The number of phenols is 1. The first-order valence-corrected chi connectivity index (χ1v) is 8.52. The van der Waals surface area contributed by atoms with Crippen LogP contribution < -0.4 is 10.3 Å². The maximum absolute atomic E-state index is 12.8. The average Bonchev–Trinajstić information content (AvgIpc) is 3.30. The van der Waals surface area contributed by atoms with Gasteiger partial charge in [0.15, 0.2) is 5.92 Å². The third-order valence-electron chi connectivity index (χ3n) is 4.28. The number of nitrogens with one attached hydrogen (secondary N) is 1. The summed E-state index contributed by atoms with van der Waals surface area (Å²) in [7, 11) is 0. The summed E-state index contributed by atoms with van der Waals surface area (Å²) in [4.78, 5) is 29.6. The second-order valence-corrected chi connectivity index (χ2v) is 6.25. The molecule has 3 aromatic rings. The zero-order valence-corrected chi connectivity index (χ0v) is 14.9. The number of nitrogens with zero attached hydrogens (tertiary/aromatic N) is 3. The molecule has 0 saturated carbocycles. The third kappa shape index (κ3) is 3.23. The average molecular weight is 376 g/mol. The van der Waals surface area contributed by atoms with Crippen molar-refractivity contribution in [3.8, 4) is 17.2 Å². The number of carbonyl (C=O) groups is 2. The van der Waals surface area contributed by atoms with Crippen molar-refractivity contribution in [3.63, 3.8) is 0 Å². The molecular weight excluding hydrogens is 360 g/mol. The van der Waals surface area contributed by atoms with Crippen molar-refractivity contribution in [1.82, 2.24) is 4.98 Å². The molecule has 8 heteroatoms. The highest BCUT2D eigenvalue weighted by molar-refractivity contribution is 6.28. The Bertz CT molecular complexity index is 1080. The molecule has 28 heavy (non-hydrogen) atoms. The van der Waals surface area contributed by atoms with Crippen LogP contribution in [0.25, 0.3) is 11.5 Å². The van der Waals surface area contributed by atoms with Crippen molar-refractivity contribution in [2.45, 2.75) is 6.92 Å². The van der Waals surface area contributed by atoms with Crippen molar-refractivity contribution in [2.75, 3.05) is 10.3 Å². The molecule has 1 aliphatic rings. The number of anilines is 2. The van der Waals surface area contributed by atoms with E-state index in [-0.39, 0.29) is 5.75 Å². The van der Waals surface area contributed by atoms with Crippen LogP contribution in [0, 0.1) is 5.92 Å². The number of benzene rings is 2. The SMILES string of the molecule is CC1=NN(c2cccc(O)c2)C(=O)C1C(=O)Nc1cccc(-c2ncco2)c1. The van der Waals surface area contributed by atoms with E-state index >= 15 is 0 Å². The number of rotatable bonds is 4. The highest BCUT2D eigenvalue weighted by Crippen LogP contribution is 2.28. The van der Waals surface area contributed by atoms with Gasteiger partial charge in [0, 0.05) is 17.3 Å². The first-order chi connectivity index (χ1) is 13.5. The van der Waals surface area contributed by atoms with E-state index in [4.69, 9.17) is 4.42 Å². The number of amides is 2. The fourth-order valence-electron chi connectivity index (χ4n) is 2.99. The van der Waals surface area contributed by atoms with E-state index in [0.717, 1.165) is 5.01 Å². The molecule has 1 aromatic heterocycles. The number of aromatic hydroxyl groups is 1. The Morgan fingerprint density at radius 3 is 2.79 bits per heavy atom. The predicted molar refractivity (Wildman–Crippen MR) is 103 cm³/mol. The number of phenolic OH excluding ortho intramolecular Hbond substituents is 1. The minimum atomic E-state index is -1.05. The summed E-state index contributed by atoms with van der Waals surface area (Å²) < 4.78 is 5.26. The molecular formula is C20H16N4O4. The van der Waals surface area contributed by atoms with Crippen LogP contribution in [0.5, 0.6) is 5.75 Å². The zero-order valence-electron chi connectivity index (χ0n) is 14.9. The van der Waals surface area contributed by atoms with Gasteiger partial charge in [-0.3, -0.25) is 9.59 Å². The number of hydrogen-bond acceptors (Lipinski definition) is 6. The van der Waals surface area contributed by atoms with Gasteiger partial charge in [0.2, 0.25) is 11.8 Å². The van der Waals surface area contributed by atoms with Gasteiger partial charge in [-0.2, -0.15) is 10.1 Å². The van der Waals surface area contributed by atoms with Gasteiger partial charge in [0.1, 0.15) is 12.0 Å². The molecule has 0 saturated heterocycles. The highest BCUT2D eigenvalue weighted by Gasteiger charge is 2.39. The molecule has 1 atom stereocenters. The Morgan fingerprint density at radius 1 is 1.21 bits per heavy atom. The van der Waals surface area contributed by atoms with E-state index in [1.54, 1.807) is 43.3 Å². The molecule has 2 heterocycles. The molecule has 0 bridgehead atoms. The second kappa shape index (κ2) is 6.99. The molecule has 0 spiro atoms. The Kier molecular flexibility index (Phi) is 4.36. The molecule has 1 unspecified atom stereocenters. The normalized spacial score (nSPS) is 16.2. The third-order valence-corrected chi connectivity index (χ3v) is 4.28. The molecule has 2 aromatic carbocycles. The minimum absolute atomic E-state index is 0.00871. The van der Waals surface area contributed by atoms with Crippen molar-refractivity contribution in [1.29, 1.82) is 0 Å². The number of carbonyl (C=O) groups excluding carboxylic acids is 2. The van der Waals surface area contributed by atoms with Crippen LogP contribution in [0.1, 0.15) is 6.92 Å². The van der Waals surface area contributed by atoms with Crippen LogP contribution in [0.2, 0.25) is 0 Å². The summed E-state index contributed by atoms with van der Waals surface area (Å²) in [5.74, 6) is -1.58. The van der Waals surface area contributed by atoms with Gasteiger partial charge < -0.3 is 14.8 Å². The molecule has 0 radical (unpaired) electrons. The molecule has 8 nitrogen and oxygen atoms in total. The lowest BCUT2D eigenvalue weighted by atomic mass is 10.0.